The molecule has 0 aliphatic carbocycles. The number of rotatable bonds is 4. The van der Waals surface area contributed by atoms with Crippen molar-refractivity contribution in [2.24, 2.45) is 0 Å². The molecule has 0 saturated carbocycles. The number of benzene rings is 1. The number of Topliss-reactive ketones (excluding diaryl/α,β-unsaturated/α-hetero) is 1. The Bertz CT molecular complexity index is 577. The van der Waals surface area contributed by atoms with Gasteiger partial charge in [-0.05, 0) is 31.0 Å². The molecule has 0 aromatic heterocycles. The van der Waals surface area contributed by atoms with Gasteiger partial charge in [-0.2, -0.15) is 0 Å². The first-order chi connectivity index (χ1) is 9.47. The number of aliphatic hydroxyl groups is 1. The zero-order valence-corrected chi connectivity index (χ0v) is 11.4. The SMILES string of the molecule is CCCN1C(=O)C(O)=C(C(C)=O)C1c1ccc(F)cc1. The average molecular weight is 277 g/mol. The fourth-order valence-corrected chi connectivity index (χ4v) is 2.48. The molecule has 1 unspecified atom stereocenters. The largest absolute Gasteiger partial charge is 0.503 e. The van der Waals surface area contributed by atoms with Gasteiger partial charge in [0.25, 0.3) is 5.91 Å². The lowest BCUT2D eigenvalue weighted by Crippen LogP contribution is -2.31. The number of nitrogens with zero attached hydrogens (tertiary/aromatic N) is 1. The quantitative estimate of drug-likeness (QED) is 0.920. The number of hydrogen-bond donors (Lipinski definition) is 1. The lowest BCUT2D eigenvalue weighted by atomic mass is 9.96. The summed E-state index contributed by atoms with van der Waals surface area (Å²) in [5.74, 6) is -1.80. The van der Waals surface area contributed by atoms with Crippen molar-refractivity contribution in [3.8, 4) is 0 Å². The van der Waals surface area contributed by atoms with Crippen LogP contribution >= 0.6 is 0 Å². The van der Waals surface area contributed by atoms with Crippen LogP contribution in [0.5, 0.6) is 0 Å². The van der Waals surface area contributed by atoms with E-state index in [4.69, 9.17) is 0 Å². The third-order valence-electron chi connectivity index (χ3n) is 3.33. The number of carbonyl (C=O) groups is 2. The molecule has 1 heterocycles. The van der Waals surface area contributed by atoms with E-state index in [0.717, 1.165) is 0 Å². The van der Waals surface area contributed by atoms with Gasteiger partial charge >= 0.3 is 0 Å². The lowest BCUT2D eigenvalue weighted by Gasteiger charge is -2.26. The summed E-state index contributed by atoms with van der Waals surface area (Å²) >= 11 is 0. The number of ketones is 1. The molecule has 20 heavy (non-hydrogen) atoms. The maximum atomic E-state index is 13.0. The van der Waals surface area contributed by atoms with E-state index in [1.807, 2.05) is 6.92 Å². The fourth-order valence-electron chi connectivity index (χ4n) is 2.48. The molecule has 0 saturated heterocycles. The van der Waals surface area contributed by atoms with Gasteiger partial charge in [-0.3, -0.25) is 9.59 Å². The van der Waals surface area contributed by atoms with E-state index >= 15 is 0 Å². The highest BCUT2D eigenvalue weighted by Gasteiger charge is 2.41. The molecule has 1 aromatic carbocycles. The molecule has 1 aliphatic heterocycles. The van der Waals surface area contributed by atoms with Gasteiger partial charge in [0.1, 0.15) is 5.82 Å². The molecule has 4 nitrogen and oxygen atoms in total. The Labute approximate surface area is 116 Å². The van der Waals surface area contributed by atoms with Gasteiger partial charge in [0.05, 0.1) is 11.6 Å². The molecule has 0 fully saturated rings. The molecule has 2 rings (SSSR count). The first-order valence-corrected chi connectivity index (χ1v) is 6.47. The summed E-state index contributed by atoms with van der Waals surface area (Å²) in [6.45, 7) is 3.63. The number of hydrogen-bond acceptors (Lipinski definition) is 3. The minimum atomic E-state index is -0.638. The van der Waals surface area contributed by atoms with Crippen molar-refractivity contribution in [2.75, 3.05) is 6.54 Å². The average Bonchev–Trinajstić information content (AvgIpc) is 2.65. The highest BCUT2D eigenvalue weighted by molar-refractivity contribution is 6.08. The Balaban J connectivity index is 2.51. The number of amides is 1. The van der Waals surface area contributed by atoms with Crippen molar-refractivity contribution in [1.82, 2.24) is 4.90 Å². The van der Waals surface area contributed by atoms with Crippen LogP contribution in [0.4, 0.5) is 4.39 Å². The second-order valence-electron chi connectivity index (χ2n) is 4.77. The van der Waals surface area contributed by atoms with Crippen molar-refractivity contribution in [3.63, 3.8) is 0 Å². The highest BCUT2D eigenvalue weighted by atomic mass is 19.1. The Morgan fingerprint density at radius 1 is 1.35 bits per heavy atom. The van der Waals surface area contributed by atoms with E-state index < -0.39 is 23.5 Å². The smallest absolute Gasteiger partial charge is 0.290 e. The predicted molar refractivity (Wildman–Crippen MR) is 71.5 cm³/mol. The van der Waals surface area contributed by atoms with Crippen molar-refractivity contribution in [3.05, 3.63) is 47.0 Å². The Kier molecular flexibility index (Phi) is 3.88. The molecular formula is C15H16FNO3. The van der Waals surface area contributed by atoms with Gasteiger partial charge in [0, 0.05) is 6.54 Å². The van der Waals surface area contributed by atoms with Crippen LogP contribution in [0.2, 0.25) is 0 Å². The van der Waals surface area contributed by atoms with Crippen molar-refractivity contribution in [1.29, 1.82) is 0 Å². The van der Waals surface area contributed by atoms with Gasteiger partial charge in [-0.25, -0.2) is 4.39 Å². The van der Waals surface area contributed by atoms with Gasteiger partial charge in [-0.1, -0.05) is 19.1 Å². The van der Waals surface area contributed by atoms with E-state index in [0.29, 0.717) is 18.5 Å². The molecule has 0 bridgehead atoms. The molecule has 0 radical (unpaired) electrons. The fraction of sp³-hybridized carbons (Fsp3) is 0.333. The molecule has 1 atom stereocenters. The molecule has 5 heteroatoms. The van der Waals surface area contributed by atoms with Gasteiger partial charge in [0.2, 0.25) is 0 Å². The van der Waals surface area contributed by atoms with Crippen LogP contribution in [0.1, 0.15) is 31.9 Å². The van der Waals surface area contributed by atoms with Crippen LogP contribution in [-0.4, -0.2) is 28.2 Å². The molecule has 0 spiro atoms. The number of aliphatic hydroxyl groups excluding tert-OH is 1. The number of carbonyl (C=O) groups excluding carboxylic acids is 2. The third-order valence-corrected chi connectivity index (χ3v) is 3.33. The third kappa shape index (κ3) is 2.31. The van der Waals surface area contributed by atoms with Crippen LogP contribution in [0.15, 0.2) is 35.6 Å². The van der Waals surface area contributed by atoms with E-state index in [1.54, 1.807) is 0 Å². The predicted octanol–water partition coefficient (Wildman–Crippen LogP) is 2.52. The van der Waals surface area contributed by atoms with Crippen molar-refractivity contribution >= 4 is 11.7 Å². The van der Waals surface area contributed by atoms with Crippen molar-refractivity contribution in [2.45, 2.75) is 26.3 Å². The summed E-state index contributed by atoms with van der Waals surface area (Å²) in [6, 6.07) is 4.96. The maximum absolute atomic E-state index is 13.0. The summed E-state index contributed by atoms with van der Waals surface area (Å²) in [5, 5.41) is 9.90. The molecule has 1 N–H and O–H groups in total. The van der Waals surface area contributed by atoms with E-state index in [-0.39, 0.29) is 11.4 Å². The molecular weight excluding hydrogens is 261 g/mol. The second kappa shape index (κ2) is 5.45. The topological polar surface area (TPSA) is 57.6 Å². The summed E-state index contributed by atoms with van der Waals surface area (Å²) in [7, 11) is 0. The zero-order chi connectivity index (χ0) is 14.9. The minimum absolute atomic E-state index is 0.0788. The lowest BCUT2D eigenvalue weighted by molar-refractivity contribution is -0.129. The normalized spacial score (nSPS) is 18.9. The van der Waals surface area contributed by atoms with Gasteiger partial charge in [0.15, 0.2) is 11.5 Å². The Hall–Kier alpha value is -2.17. The minimum Gasteiger partial charge on any atom is -0.503 e. The van der Waals surface area contributed by atoms with Crippen LogP contribution in [0.25, 0.3) is 0 Å². The van der Waals surface area contributed by atoms with Crippen LogP contribution in [-0.2, 0) is 9.59 Å². The highest BCUT2D eigenvalue weighted by Crippen LogP contribution is 2.37. The Morgan fingerprint density at radius 2 is 1.95 bits per heavy atom. The van der Waals surface area contributed by atoms with E-state index in [1.165, 1.54) is 36.1 Å². The molecule has 106 valence electrons. The summed E-state index contributed by atoms with van der Waals surface area (Å²) in [4.78, 5) is 25.2. The maximum Gasteiger partial charge on any atom is 0.290 e. The van der Waals surface area contributed by atoms with Gasteiger partial charge < -0.3 is 10.0 Å². The summed E-state index contributed by atoms with van der Waals surface area (Å²) in [5.41, 5.74) is 0.692. The first-order valence-electron chi connectivity index (χ1n) is 6.47. The van der Waals surface area contributed by atoms with Crippen molar-refractivity contribution < 1.29 is 19.1 Å². The van der Waals surface area contributed by atoms with Crippen LogP contribution in [0, 0.1) is 5.82 Å². The standard InChI is InChI=1S/C15H16FNO3/c1-3-8-17-13(10-4-6-11(16)7-5-10)12(9(2)18)14(19)15(17)20/h4-7,13,19H,3,8H2,1-2H3. The Morgan fingerprint density at radius 3 is 2.45 bits per heavy atom. The van der Waals surface area contributed by atoms with Crippen LogP contribution in [0.3, 0.4) is 0 Å². The van der Waals surface area contributed by atoms with E-state index in [9.17, 15) is 19.1 Å². The zero-order valence-electron chi connectivity index (χ0n) is 11.4. The molecule has 1 amide bonds. The second-order valence-corrected chi connectivity index (χ2v) is 4.77. The molecule has 1 aromatic rings. The van der Waals surface area contributed by atoms with Crippen LogP contribution < -0.4 is 0 Å². The summed E-state index contributed by atoms with van der Waals surface area (Å²) < 4.78 is 13.0. The summed E-state index contributed by atoms with van der Waals surface area (Å²) in [6.07, 6.45) is 0.696. The monoisotopic (exact) mass is 277 g/mol. The molecule has 1 aliphatic rings. The first kappa shape index (κ1) is 14.2. The number of halogens is 1. The van der Waals surface area contributed by atoms with E-state index in [2.05, 4.69) is 0 Å². The van der Waals surface area contributed by atoms with Gasteiger partial charge in [-0.15, -0.1) is 0 Å².